The van der Waals surface area contributed by atoms with Crippen molar-refractivity contribution in [3.63, 3.8) is 0 Å². The molecule has 1 atom stereocenters. The molecule has 106 valence electrons. The first-order valence-corrected chi connectivity index (χ1v) is 8.00. The summed E-state index contributed by atoms with van der Waals surface area (Å²) in [7, 11) is -3.43. The van der Waals surface area contributed by atoms with E-state index in [2.05, 4.69) is 5.09 Å². The van der Waals surface area contributed by atoms with Gasteiger partial charge in [-0.3, -0.25) is 9.61 Å². The summed E-state index contributed by atoms with van der Waals surface area (Å²) in [6, 6.07) is 16.5. The Morgan fingerprint density at radius 3 is 2.30 bits per heavy atom. The van der Waals surface area contributed by atoms with Gasteiger partial charge in [-0.2, -0.15) is 0 Å². The van der Waals surface area contributed by atoms with Gasteiger partial charge in [0.2, 0.25) is 0 Å². The first kappa shape index (κ1) is 14.6. The molecule has 0 saturated carbocycles. The van der Waals surface area contributed by atoms with Crippen LogP contribution >= 0.6 is 7.75 Å². The molecule has 0 aliphatic rings. The van der Waals surface area contributed by atoms with Gasteiger partial charge in [-0.05, 0) is 38.1 Å². The molecule has 0 amide bonds. The van der Waals surface area contributed by atoms with Gasteiger partial charge >= 0.3 is 7.75 Å². The molecule has 0 aliphatic heterocycles. The molecule has 0 heterocycles. The average Bonchev–Trinajstić information content (AvgIpc) is 2.42. The molecule has 0 aromatic heterocycles. The Labute approximate surface area is 119 Å². The van der Waals surface area contributed by atoms with E-state index in [-0.39, 0.29) is 0 Å². The monoisotopic (exact) mass is 291 g/mol. The Morgan fingerprint density at radius 2 is 1.70 bits per heavy atom. The summed E-state index contributed by atoms with van der Waals surface area (Å²) in [6.07, 6.45) is 0. The van der Waals surface area contributed by atoms with E-state index in [1.165, 1.54) is 0 Å². The largest absolute Gasteiger partial charge is 0.486 e. The number of nitrogens with one attached hydrogen (secondary N) is 1. The first-order valence-electron chi connectivity index (χ1n) is 6.45. The van der Waals surface area contributed by atoms with Crippen LogP contribution in [0.4, 0.5) is 5.69 Å². The maximum atomic E-state index is 12.7. The second-order valence-corrected chi connectivity index (χ2v) is 5.96. The quantitative estimate of drug-likeness (QED) is 0.788. The molecular formula is C15H18NO3P. The zero-order valence-corrected chi connectivity index (χ0v) is 12.5. The summed E-state index contributed by atoms with van der Waals surface area (Å²) < 4.78 is 23.5. The van der Waals surface area contributed by atoms with Gasteiger partial charge in [0.15, 0.2) is 0 Å². The van der Waals surface area contributed by atoms with Crippen LogP contribution in [0.25, 0.3) is 0 Å². The van der Waals surface area contributed by atoms with E-state index in [9.17, 15) is 4.57 Å². The van der Waals surface area contributed by atoms with Crippen molar-refractivity contribution in [3.05, 3.63) is 60.2 Å². The molecule has 1 N–H and O–H groups in total. The van der Waals surface area contributed by atoms with Gasteiger partial charge < -0.3 is 4.52 Å². The minimum Gasteiger partial charge on any atom is -0.409 e. The van der Waals surface area contributed by atoms with Gasteiger partial charge in [-0.25, -0.2) is 4.57 Å². The van der Waals surface area contributed by atoms with Gasteiger partial charge in [-0.15, -0.1) is 0 Å². The van der Waals surface area contributed by atoms with E-state index in [4.69, 9.17) is 9.05 Å². The summed E-state index contributed by atoms with van der Waals surface area (Å²) in [5.74, 6) is 0.504. The smallest absolute Gasteiger partial charge is 0.409 e. The topological polar surface area (TPSA) is 47.6 Å². The highest BCUT2D eigenvalue weighted by Gasteiger charge is 2.26. The molecule has 0 radical (unpaired) electrons. The van der Waals surface area contributed by atoms with Gasteiger partial charge in [-0.1, -0.05) is 35.9 Å². The highest BCUT2D eigenvalue weighted by Crippen LogP contribution is 2.47. The number of anilines is 1. The minimum absolute atomic E-state index is 0.295. The third kappa shape index (κ3) is 4.12. The molecule has 2 aromatic rings. The second kappa shape index (κ2) is 6.60. The molecule has 0 saturated heterocycles. The summed E-state index contributed by atoms with van der Waals surface area (Å²) in [6.45, 7) is 4.06. The Kier molecular flexibility index (Phi) is 4.83. The van der Waals surface area contributed by atoms with Crippen molar-refractivity contribution in [1.82, 2.24) is 0 Å². The van der Waals surface area contributed by atoms with Gasteiger partial charge in [0.1, 0.15) is 5.75 Å². The maximum absolute atomic E-state index is 12.7. The molecule has 0 spiro atoms. The highest BCUT2D eigenvalue weighted by molar-refractivity contribution is 7.55. The summed E-state index contributed by atoms with van der Waals surface area (Å²) in [5, 5.41) is 2.84. The fraction of sp³-hybridized carbons (Fsp3) is 0.200. The zero-order chi connectivity index (χ0) is 14.4. The van der Waals surface area contributed by atoms with Crippen molar-refractivity contribution >= 4 is 13.4 Å². The van der Waals surface area contributed by atoms with E-state index in [0.717, 1.165) is 5.56 Å². The van der Waals surface area contributed by atoms with Crippen molar-refractivity contribution in [2.24, 2.45) is 0 Å². The predicted octanol–water partition coefficient (Wildman–Crippen LogP) is 4.63. The van der Waals surface area contributed by atoms with Gasteiger partial charge in [0.25, 0.3) is 0 Å². The fourth-order valence-electron chi connectivity index (χ4n) is 1.66. The van der Waals surface area contributed by atoms with Crippen LogP contribution in [0.3, 0.4) is 0 Å². The van der Waals surface area contributed by atoms with Crippen LogP contribution in [0.1, 0.15) is 12.5 Å². The number of rotatable bonds is 6. The lowest BCUT2D eigenvalue weighted by atomic mass is 10.2. The zero-order valence-electron chi connectivity index (χ0n) is 11.6. The van der Waals surface area contributed by atoms with Crippen LogP contribution in [0.2, 0.25) is 0 Å². The van der Waals surface area contributed by atoms with E-state index >= 15 is 0 Å². The van der Waals surface area contributed by atoms with Crippen molar-refractivity contribution in [2.75, 3.05) is 11.7 Å². The third-order valence-electron chi connectivity index (χ3n) is 2.59. The first-order chi connectivity index (χ1) is 9.61. The number of hydrogen-bond donors (Lipinski definition) is 1. The lowest BCUT2D eigenvalue weighted by Crippen LogP contribution is -2.07. The number of para-hydroxylation sites is 1. The molecular weight excluding hydrogens is 273 g/mol. The predicted molar refractivity (Wildman–Crippen MR) is 81.1 cm³/mol. The maximum Gasteiger partial charge on any atom is 0.486 e. The minimum atomic E-state index is -3.43. The van der Waals surface area contributed by atoms with E-state index in [1.807, 2.05) is 49.4 Å². The molecule has 5 heteroatoms. The standard InChI is InChI=1S/C15H18NO3P/c1-3-18-20(17,19-15-7-5-4-6-8-15)16-14-11-9-13(2)10-12-14/h4-12H,3H2,1-2H3,(H,16,17). The van der Waals surface area contributed by atoms with Crippen LogP contribution in [0.5, 0.6) is 5.75 Å². The van der Waals surface area contributed by atoms with Gasteiger partial charge in [0.05, 0.1) is 6.61 Å². The number of hydrogen-bond acceptors (Lipinski definition) is 3. The molecule has 20 heavy (non-hydrogen) atoms. The molecule has 0 aliphatic carbocycles. The molecule has 2 aromatic carbocycles. The summed E-state index contributed by atoms with van der Waals surface area (Å²) in [4.78, 5) is 0. The SMILES string of the molecule is CCOP(=O)(Nc1ccc(C)cc1)Oc1ccccc1. The van der Waals surface area contributed by atoms with Crippen LogP contribution in [0, 0.1) is 6.92 Å². The number of aryl methyl sites for hydroxylation is 1. The molecule has 4 nitrogen and oxygen atoms in total. The Morgan fingerprint density at radius 1 is 1.05 bits per heavy atom. The third-order valence-corrected chi connectivity index (χ3v) is 4.17. The van der Waals surface area contributed by atoms with Gasteiger partial charge in [0, 0.05) is 5.69 Å². The van der Waals surface area contributed by atoms with Crippen LogP contribution < -0.4 is 9.61 Å². The summed E-state index contributed by atoms with van der Waals surface area (Å²) in [5.41, 5.74) is 1.83. The van der Waals surface area contributed by atoms with Crippen LogP contribution in [-0.2, 0) is 9.09 Å². The average molecular weight is 291 g/mol. The van der Waals surface area contributed by atoms with Crippen molar-refractivity contribution in [3.8, 4) is 5.75 Å². The molecule has 2 rings (SSSR count). The van der Waals surface area contributed by atoms with Crippen LogP contribution in [-0.4, -0.2) is 6.61 Å². The lowest BCUT2D eigenvalue weighted by Gasteiger charge is -2.20. The van der Waals surface area contributed by atoms with Crippen molar-refractivity contribution < 1.29 is 13.6 Å². The van der Waals surface area contributed by atoms with E-state index in [1.54, 1.807) is 19.1 Å². The lowest BCUT2D eigenvalue weighted by molar-refractivity contribution is 0.284. The Balaban J connectivity index is 2.16. The fourth-order valence-corrected chi connectivity index (χ4v) is 3.03. The van der Waals surface area contributed by atoms with Crippen LogP contribution in [0.15, 0.2) is 54.6 Å². The van der Waals surface area contributed by atoms with Crippen molar-refractivity contribution in [1.29, 1.82) is 0 Å². The Bertz CT molecular complexity index is 584. The normalized spacial score (nSPS) is 13.5. The van der Waals surface area contributed by atoms with Crippen molar-refractivity contribution in [2.45, 2.75) is 13.8 Å². The Hall–Kier alpha value is -1.77. The van der Waals surface area contributed by atoms with E-state index in [0.29, 0.717) is 18.0 Å². The second-order valence-electron chi connectivity index (χ2n) is 4.30. The molecule has 0 bridgehead atoms. The molecule has 0 fully saturated rings. The number of benzene rings is 2. The molecule has 1 unspecified atom stereocenters. The summed E-state index contributed by atoms with van der Waals surface area (Å²) >= 11 is 0. The highest BCUT2D eigenvalue weighted by atomic mass is 31.2. The van der Waals surface area contributed by atoms with E-state index < -0.39 is 7.75 Å².